The van der Waals surface area contributed by atoms with Gasteiger partial charge in [0.25, 0.3) is 0 Å². The minimum atomic E-state index is -0.117. The molecule has 4 heteroatoms. The Labute approximate surface area is 112 Å². The molecule has 0 radical (unpaired) electrons. The van der Waals surface area contributed by atoms with E-state index in [-0.39, 0.29) is 5.60 Å². The number of methoxy groups -OCH3 is 1. The monoisotopic (exact) mass is 258 g/mol. The minimum Gasteiger partial charge on any atom is -0.379 e. The quantitative estimate of drug-likeness (QED) is 0.719. The molecule has 2 unspecified atom stereocenters. The SMILES string of the molecule is CCN(CC1CCCO1)C(CN)CC(C)(C)OC. The van der Waals surface area contributed by atoms with Gasteiger partial charge in [-0.3, -0.25) is 4.90 Å². The summed E-state index contributed by atoms with van der Waals surface area (Å²) in [5.41, 5.74) is 5.83. The molecule has 0 amide bonds. The maximum absolute atomic E-state index is 5.95. The highest BCUT2D eigenvalue weighted by atomic mass is 16.5. The Morgan fingerprint density at radius 3 is 2.67 bits per heavy atom. The normalized spacial score (nSPS) is 22.7. The van der Waals surface area contributed by atoms with E-state index in [9.17, 15) is 0 Å². The third-order valence-corrected chi connectivity index (χ3v) is 3.94. The molecule has 0 spiro atoms. The van der Waals surface area contributed by atoms with Gasteiger partial charge < -0.3 is 15.2 Å². The van der Waals surface area contributed by atoms with Crippen LogP contribution in [0.5, 0.6) is 0 Å². The molecule has 0 saturated carbocycles. The van der Waals surface area contributed by atoms with E-state index in [2.05, 4.69) is 25.7 Å². The van der Waals surface area contributed by atoms with Crippen LogP contribution in [0.4, 0.5) is 0 Å². The van der Waals surface area contributed by atoms with Crippen LogP contribution in [0.2, 0.25) is 0 Å². The van der Waals surface area contributed by atoms with E-state index in [1.54, 1.807) is 7.11 Å². The molecule has 2 N–H and O–H groups in total. The van der Waals surface area contributed by atoms with E-state index in [4.69, 9.17) is 15.2 Å². The predicted octanol–water partition coefficient (Wildman–Crippen LogP) is 1.63. The van der Waals surface area contributed by atoms with Gasteiger partial charge in [0, 0.05) is 32.8 Å². The van der Waals surface area contributed by atoms with Crippen LogP contribution in [0.3, 0.4) is 0 Å². The summed E-state index contributed by atoms with van der Waals surface area (Å²) >= 11 is 0. The topological polar surface area (TPSA) is 47.7 Å². The zero-order valence-corrected chi connectivity index (χ0v) is 12.4. The van der Waals surface area contributed by atoms with Crippen LogP contribution < -0.4 is 5.73 Å². The molecule has 0 aromatic carbocycles. The summed E-state index contributed by atoms with van der Waals surface area (Å²) in [4.78, 5) is 2.44. The van der Waals surface area contributed by atoms with E-state index in [1.165, 1.54) is 12.8 Å². The maximum atomic E-state index is 5.95. The molecule has 0 aromatic heterocycles. The Kier molecular flexibility index (Phi) is 6.57. The highest BCUT2D eigenvalue weighted by Gasteiger charge is 2.28. The van der Waals surface area contributed by atoms with E-state index in [1.807, 2.05) is 0 Å². The maximum Gasteiger partial charge on any atom is 0.0702 e. The van der Waals surface area contributed by atoms with E-state index in [0.29, 0.717) is 18.7 Å². The lowest BCUT2D eigenvalue weighted by atomic mass is 9.97. The first-order chi connectivity index (χ1) is 8.52. The number of nitrogens with two attached hydrogens (primary N) is 1. The highest BCUT2D eigenvalue weighted by Crippen LogP contribution is 2.21. The number of likely N-dealkylation sites (N-methyl/N-ethyl adjacent to an activating group) is 1. The summed E-state index contributed by atoms with van der Waals surface area (Å²) in [7, 11) is 1.77. The second-order valence-corrected chi connectivity index (χ2v) is 5.78. The first-order valence-electron chi connectivity index (χ1n) is 7.13. The largest absolute Gasteiger partial charge is 0.379 e. The number of rotatable bonds is 8. The molecule has 2 atom stereocenters. The van der Waals surface area contributed by atoms with Crippen LogP contribution >= 0.6 is 0 Å². The van der Waals surface area contributed by atoms with Crippen LogP contribution in [0, 0.1) is 0 Å². The fourth-order valence-corrected chi connectivity index (χ4v) is 2.60. The van der Waals surface area contributed by atoms with Crippen LogP contribution in [0.15, 0.2) is 0 Å². The van der Waals surface area contributed by atoms with Gasteiger partial charge >= 0.3 is 0 Å². The summed E-state index contributed by atoms with van der Waals surface area (Å²) in [6.07, 6.45) is 3.73. The standard InChI is InChI=1S/C14H30N2O2/c1-5-16(11-13-7-6-8-18-13)12(10-15)9-14(2,3)17-4/h12-13H,5-11,15H2,1-4H3. The molecule has 1 rings (SSSR count). The lowest BCUT2D eigenvalue weighted by Gasteiger charge is -2.36. The van der Waals surface area contributed by atoms with Crippen molar-refractivity contribution in [1.29, 1.82) is 0 Å². The molecular formula is C14H30N2O2. The summed E-state index contributed by atoms with van der Waals surface area (Å²) in [6, 6.07) is 0.370. The third kappa shape index (κ3) is 4.84. The predicted molar refractivity (Wildman–Crippen MR) is 74.8 cm³/mol. The number of ether oxygens (including phenoxy) is 2. The Bertz CT molecular complexity index is 228. The first kappa shape index (κ1) is 15.9. The number of hydrogen-bond donors (Lipinski definition) is 1. The van der Waals surface area contributed by atoms with Crippen LogP contribution in [-0.4, -0.2) is 56.0 Å². The summed E-state index contributed by atoms with van der Waals surface area (Å²) in [5, 5.41) is 0. The van der Waals surface area contributed by atoms with Gasteiger partial charge in [0.1, 0.15) is 0 Å². The molecule has 18 heavy (non-hydrogen) atoms. The molecule has 1 aliphatic rings. The average molecular weight is 258 g/mol. The lowest BCUT2D eigenvalue weighted by molar-refractivity contribution is -0.0151. The lowest BCUT2D eigenvalue weighted by Crippen LogP contribution is -2.47. The Morgan fingerprint density at radius 1 is 1.50 bits per heavy atom. The number of nitrogens with zero attached hydrogens (tertiary/aromatic N) is 1. The summed E-state index contributed by atoms with van der Waals surface area (Å²) < 4.78 is 11.2. The fourth-order valence-electron chi connectivity index (χ4n) is 2.60. The van der Waals surface area contributed by atoms with Crippen LogP contribution in [0.25, 0.3) is 0 Å². The molecule has 0 bridgehead atoms. The molecule has 1 heterocycles. The van der Waals surface area contributed by atoms with Crippen molar-refractivity contribution in [2.75, 3.05) is 33.4 Å². The second-order valence-electron chi connectivity index (χ2n) is 5.78. The van der Waals surface area contributed by atoms with Gasteiger partial charge in [0.15, 0.2) is 0 Å². The second kappa shape index (κ2) is 7.43. The van der Waals surface area contributed by atoms with Crippen LogP contribution in [0.1, 0.15) is 40.0 Å². The molecule has 4 nitrogen and oxygen atoms in total. The van der Waals surface area contributed by atoms with E-state index in [0.717, 1.165) is 26.1 Å². The van der Waals surface area contributed by atoms with Crippen molar-refractivity contribution in [3.05, 3.63) is 0 Å². The minimum absolute atomic E-state index is 0.117. The Hall–Kier alpha value is -0.160. The van der Waals surface area contributed by atoms with Crippen molar-refractivity contribution >= 4 is 0 Å². The fraction of sp³-hybridized carbons (Fsp3) is 1.00. The van der Waals surface area contributed by atoms with Crippen LogP contribution in [-0.2, 0) is 9.47 Å². The average Bonchev–Trinajstić information content (AvgIpc) is 2.86. The van der Waals surface area contributed by atoms with Gasteiger partial charge in [-0.25, -0.2) is 0 Å². The highest BCUT2D eigenvalue weighted by molar-refractivity contribution is 4.83. The molecule has 0 aliphatic carbocycles. The number of hydrogen-bond acceptors (Lipinski definition) is 4. The Morgan fingerprint density at radius 2 is 2.22 bits per heavy atom. The van der Waals surface area contributed by atoms with Crippen molar-refractivity contribution in [1.82, 2.24) is 4.90 Å². The molecule has 1 aliphatic heterocycles. The van der Waals surface area contributed by atoms with Gasteiger partial charge in [-0.2, -0.15) is 0 Å². The van der Waals surface area contributed by atoms with E-state index >= 15 is 0 Å². The zero-order chi connectivity index (χ0) is 13.6. The molecule has 1 fully saturated rings. The van der Waals surface area contributed by atoms with Gasteiger partial charge in [-0.05, 0) is 39.7 Å². The van der Waals surface area contributed by atoms with Gasteiger partial charge in [0.05, 0.1) is 11.7 Å². The van der Waals surface area contributed by atoms with Gasteiger partial charge in [-0.15, -0.1) is 0 Å². The van der Waals surface area contributed by atoms with E-state index < -0.39 is 0 Å². The van der Waals surface area contributed by atoms with Gasteiger partial charge in [0.2, 0.25) is 0 Å². The zero-order valence-electron chi connectivity index (χ0n) is 12.4. The first-order valence-corrected chi connectivity index (χ1v) is 7.13. The van der Waals surface area contributed by atoms with Crippen molar-refractivity contribution in [2.24, 2.45) is 5.73 Å². The molecule has 0 aromatic rings. The Balaban J connectivity index is 2.53. The third-order valence-electron chi connectivity index (χ3n) is 3.94. The van der Waals surface area contributed by atoms with Crippen molar-refractivity contribution in [2.45, 2.75) is 57.8 Å². The molecular weight excluding hydrogens is 228 g/mol. The molecule has 108 valence electrons. The summed E-state index contributed by atoms with van der Waals surface area (Å²) in [5.74, 6) is 0. The summed E-state index contributed by atoms with van der Waals surface area (Å²) in [6.45, 7) is 10.0. The van der Waals surface area contributed by atoms with Gasteiger partial charge in [-0.1, -0.05) is 6.92 Å². The smallest absolute Gasteiger partial charge is 0.0702 e. The van der Waals surface area contributed by atoms with Crippen molar-refractivity contribution in [3.8, 4) is 0 Å². The molecule has 1 saturated heterocycles. The van der Waals surface area contributed by atoms with Crippen molar-refractivity contribution in [3.63, 3.8) is 0 Å². The van der Waals surface area contributed by atoms with Crippen molar-refractivity contribution < 1.29 is 9.47 Å².